The van der Waals surface area contributed by atoms with Crippen molar-refractivity contribution in [3.63, 3.8) is 0 Å². The fraction of sp³-hybridized carbons (Fsp3) is 0.517. The number of hydrogen-bond donors (Lipinski definition) is 0. The molecule has 33 heavy (non-hydrogen) atoms. The van der Waals surface area contributed by atoms with Gasteiger partial charge in [0.05, 0.1) is 11.6 Å². The van der Waals surface area contributed by atoms with Crippen molar-refractivity contribution in [1.82, 2.24) is 4.57 Å². The van der Waals surface area contributed by atoms with E-state index >= 15 is 0 Å². The molecule has 0 radical (unpaired) electrons. The van der Waals surface area contributed by atoms with Gasteiger partial charge in [-0.25, -0.2) is 0 Å². The van der Waals surface area contributed by atoms with Gasteiger partial charge in [-0.1, -0.05) is 58.7 Å². The maximum absolute atomic E-state index is 13.2. The number of benzene rings is 2. The monoisotopic (exact) mass is 455 g/mol. The molecule has 2 unspecified atom stereocenters. The second-order valence-corrected chi connectivity index (χ2v) is 9.97. The van der Waals surface area contributed by atoms with E-state index in [1.54, 1.807) is 12.1 Å². The molecule has 0 spiro atoms. The number of nitrogens with zero attached hydrogens (tertiary/aromatic N) is 1. The lowest BCUT2D eigenvalue weighted by atomic mass is 9.83. The van der Waals surface area contributed by atoms with E-state index in [0.717, 1.165) is 37.7 Å². The molecule has 0 bridgehead atoms. The number of aromatic nitrogens is 1. The van der Waals surface area contributed by atoms with E-state index < -0.39 is 11.7 Å². The van der Waals surface area contributed by atoms with Gasteiger partial charge in [0.2, 0.25) is 0 Å². The lowest BCUT2D eigenvalue weighted by Crippen LogP contribution is -2.19. The number of alkyl halides is 3. The summed E-state index contributed by atoms with van der Waals surface area (Å²) in [5.41, 5.74) is 5.90. The molecule has 178 valence electrons. The minimum atomic E-state index is -4.31. The fourth-order valence-corrected chi connectivity index (χ4v) is 5.72. The number of rotatable bonds is 7. The summed E-state index contributed by atoms with van der Waals surface area (Å²) in [6, 6.07) is 12.8. The average Bonchev–Trinajstić information content (AvgIpc) is 3.12. The first-order chi connectivity index (χ1) is 15.8. The molecule has 4 heteroatoms. The van der Waals surface area contributed by atoms with Gasteiger partial charge < -0.3 is 4.57 Å². The van der Waals surface area contributed by atoms with Crippen LogP contribution < -0.4 is 0 Å². The van der Waals surface area contributed by atoms with Gasteiger partial charge in [0.25, 0.3) is 0 Å². The van der Waals surface area contributed by atoms with Crippen molar-refractivity contribution < 1.29 is 13.2 Å². The molecule has 0 aliphatic heterocycles. The highest BCUT2D eigenvalue weighted by molar-refractivity contribution is 5.87. The molecule has 0 saturated heterocycles. The molecule has 0 fully saturated rings. The molecule has 4 rings (SSSR count). The van der Waals surface area contributed by atoms with Gasteiger partial charge in [0, 0.05) is 16.6 Å². The lowest BCUT2D eigenvalue weighted by Gasteiger charge is -2.30. The van der Waals surface area contributed by atoms with Crippen LogP contribution in [0.25, 0.3) is 10.9 Å². The van der Waals surface area contributed by atoms with Crippen molar-refractivity contribution in [1.29, 1.82) is 0 Å². The quantitative estimate of drug-likeness (QED) is 0.334. The topological polar surface area (TPSA) is 4.93 Å². The van der Waals surface area contributed by atoms with E-state index in [1.807, 2.05) is 0 Å². The summed E-state index contributed by atoms with van der Waals surface area (Å²) in [6.45, 7) is 8.87. The highest BCUT2D eigenvalue weighted by atomic mass is 19.4. The average molecular weight is 456 g/mol. The Labute approximate surface area is 196 Å². The second kappa shape index (κ2) is 9.56. The Morgan fingerprint density at radius 3 is 2.27 bits per heavy atom. The van der Waals surface area contributed by atoms with Crippen molar-refractivity contribution in [2.24, 2.45) is 0 Å². The minimum absolute atomic E-state index is 0.0471. The van der Waals surface area contributed by atoms with E-state index in [0.29, 0.717) is 11.8 Å². The SMILES string of the molecule is CCCC1CCCc2c1n(C(CCC)c1ccc(C(F)(F)F)cc1)c1ccc(C(C)C)cc21. The number of hydrogen-bond acceptors (Lipinski definition) is 0. The Morgan fingerprint density at radius 1 is 0.970 bits per heavy atom. The van der Waals surface area contributed by atoms with E-state index in [2.05, 4.69) is 50.5 Å². The van der Waals surface area contributed by atoms with Crippen molar-refractivity contribution in [3.8, 4) is 0 Å². The Balaban J connectivity index is 1.94. The summed E-state index contributed by atoms with van der Waals surface area (Å²) in [6.07, 6.45) is 3.37. The number of aryl methyl sites for hydroxylation is 1. The van der Waals surface area contributed by atoms with Crippen LogP contribution in [0.3, 0.4) is 0 Å². The number of halogens is 3. The zero-order chi connectivity index (χ0) is 23.8. The van der Waals surface area contributed by atoms with Gasteiger partial charge in [0.15, 0.2) is 0 Å². The van der Waals surface area contributed by atoms with Crippen LogP contribution in [0.1, 0.15) is 112 Å². The molecular formula is C29H36F3N. The molecule has 1 aromatic heterocycles. The first-order valence-electron chi connectivity index (χ1n) is 12.6. The molecule has 1 heterocycles. The molecule has 2 atom stereocenters. The lowest BCUT2D eigenvalue weighted by molar-refractivity contribution is -0.137. The first-order valence-corrected chi connectivity index (χ1v) is 12.6. The summed E-state index contributed by atoms with van der Waals surface area (Å²) < 4.78 is 42.1. The predicted molar refractivity (Wildman–Crippen MR) is 131 cm³/mol. The van der Waals surface area contributed by atoms with E-state index in [9.17, 15) is 13.2 Å². The Bertz CT molecular complexity index is 1090. The minimum Gasteiger partial charge on any atom is -0.337 e. The van der Waals surface area contributed by atoms with Gasteiger partial charge in [-0.2, -0.15) is 13.2 Å². The fourth-order valence-electron chi connectivity index (χ4n) is 5.72. The molecule has 0 N–H and O–H groups in total. The highest BCUT2D eigenvalue weighted by Crippen LogP contribution is 2.45. The van der Waals surface area contributed by atoms with Crippen molar-refractivity contribution in [2.45, 2.75) is 96.7 Å². The van der Waals surface area contributed by atoms with Crippen LogP contribution in [-0.2, 0) is 12.6 Å². The normalized spacial score (nSPS) is 17.5. The second-order valence-electron chi connectivity index (χ2n) is 9.97. The summed E-state index contributed by atoms with van der Waals surface area (Å²) in [7, 11) is 0. The highest BCUT2D eigenvalue weighted by Gasteiger charge is 2.32. The molecular weight excluding hydrogens is 419 g/mol. The molecule has 0 amide bonds. The maximum Gasteiger partial charge on any atom is 0.416 e. The Morgan fingerprint density at radius 2 is 1.67 bits per heavy atom. The third kappa shape index (κ3) is 4.58. The van der Waals surface area contributed by atoms with Gasteiger partial charge in [-0.05, 0) is 84.9 Å². The third-order valence-electron chi connectivity index (χ3n) is 7.34. The maximum atomic E-state index is 13.2. The van der Waals surface area contributed by atoms with Crippen LogP contribution in [0.2, 0.25) is 0 Å². The molecule has 0 saturated carbocycles. The van der Waals surface area contributed by atoms with E-state index in [-0.39, 0.29) is 6.04 Å². The Hall–Kier alpha value is -2.23. The first kappa shape index (κ1) is 23.9. The largest absolute Gasteiger partial charge is 0.416 e. The summed E-state index contributed by atoms with van der Waals surface area (Å²) in [5.74, 6) is 0.979. The van der Waals surface area contributed by atoms with Gasteiger partial charge in [-0.15, -0.1) is 0 Å². The van der Waals surface area contributed by atoms with Crippen molar-refractivity contribution >= 4 is 10.9 Å². The van der Waals surface area contributed by atoms with E-state index in [1.165, 1.54) is 52.7 Å². The van der Waals surface area contributed by atoms with Crippen LogP contribution in [0.5, 0.6) is 0 Å². The standard InChI is InChI=1S/C29H36F3N/c1-5-8-21-10-7-11-24-25-18-22(19(3)4)14-17-27(25)33(28(21)24)26(9-6-2)20-12-15-23(16-13-20)29(30,31)32/h12-19,21,26H,5-11H2,1-4H3. The Kier molecular flexibility index (Phi) is 6.93. The zero-order valence-corrected chi connectivity index (χ0v) is 20.3. The van der Waals surface area contributed by atoms with Gasteiger partial charge in [0.1, 0.15) is 0 Å². The van der Waals surface area contributed by atoms with Gasteiger partial charge >= 0.3 is 6.18 Å². The van der Waals surface area contributed by atoms with Crippen LogP contribution in [0.15, 0.2) is 42.5 Å². The summed E-state index contributed by atoms with van der Waals surface area (Å²) in [5, 5.41) is 1.35. The van der Waals surface area contributed by atoms with Crippen LogP contribution in [0, 0.1) is 0 Å². The third-order valence-corrected chi connectivity index (χ3v) is 7.34. The van der Waals surface area contributed by atoms with Crippen LogP contribution in [0.4, 0.5) is 13.2 Å². The molecule has 1 aliphatic carbocycles. The smallest absolute Gasteiger partial charge is 0.337 e. The molecule has 2 aromatic carbocycles. The predicted octanol–water partition coefficient (Wildman–Crippen LogP) is 9.39. The van der Waals surface area contributed by atoms with Crippen LogP contribution in [-0.4, -0.2) is 4.57 Å². The van der Waals surface area contributed by atoms with E-state index in [4.69, 9.17) is 0 Å². The van der Waals surface area contributed by atoms with Crippen LogP contribution >= 0.6 is 0 Å². The molecule has 1 aliphatic rings. The summed E-state index contributed by atoms with van der Waals surface area (Å²) >= 11 is 0. The molecule has 1 nitrogen and oxygen atoms in total. The van der Waals surface area contributed by atoms with Gasteiger partial charge in [-0.3, -0.25) is 0 Å². The number of fused-ring (bicyclic) bond motifs is 3. The van der Waals surface area contributed by atoms with Crippen molar-refractivity contribution in [3.05, 3.63) is 70.4 Å². The van der Waals surface area contributed by atoms with Crippen molar-refractivity contribution in [2.75, 3.05) is 0 Å². The molecule has 3 aromatic rings. The summed E-state index contributed by atoms with van der Waals surface area (Å²) in [4.78, 5) is 0. The zero-order valence-electron chi connectivity index (χ0n) is 20.3.